The van der Waals surface area contributed by atoms with Gasteiger partial charge in [-0.15, -0.1) is 5.10 Å². The molecule has 0 atom stereocenters. The van der Waals surface area contributed by atoms with Crippen LogP contribution < -0.4 is 10.1 Å². The number of fused-ring (bicyclic) bond motifs is 1. The van der Waals surface area contributed by atoms with Crippen molar-refractivity contribution in [2.45, 2.75) is 26.0 Å². The van der Waals surface area contributed by atoms with E-state index in [9.17, 15) is 8.78 Å². The van der Waals surface area contributed by atoms with Crippen molar-refractivity contribution in [3.8, 4) is 5.88 Å². The van der Waals surface area contributed by atoms with Gasteiger partial charge in [-0.25, -0.2) is 9.97 Å². The molecule has 144 valence electrons. The van der Waals surface area contributed by atoms with Gasteiger partial charge in [0.2, 0.25) is 5.88 Å². The van der Waals surface area contributed by atoms with Crippen LogP contribution in [0.25, 0.3) is 11.2 Å². The van der Waals surface area contributed by atoms with Crippen LogP contribution in [0.1, 0.15) is 12.8 Å². The Bertz CT molecular complexity index is 902. The molecule has 0 bridgehead atoms. The lowest BCUT2D eigenvalue weighted by Crippen LogP contribution is -2.31. The van der Waals surface area contributed by atoms with Gasteiger partial charge < -0.3 is 19.5 Å². The number of aromatic amines is 1. The van der Waals surface area contributed by atoms with Gasteiger partial charge in [0.05, 0.1) is 6.20 Å². The van der Waals surface area contributed by atoms with Crippen molar-refractivity contribution >= 4 is 22.8 Å². The Morgan fingerprint density at radius 3 is 2.96 bits per heavy atom. The molecule has 8 nitrogen and oxygen atoms in total. The van der Waals surface area contributed by atoms with E-state index in [1.165, 1.54) is 18.9 Å². The zero-order valence-corrected chi connectivity index (χ0v) is 14.9. The van der Waals surface area contributed by atoms with E-state index in [-0.39, 0.29) is 5.88 Å². The number of H-pyrrole nitrogens is 1. The van der Waals surface area contributed by atoms with Crippen molar-refractivity contribution in [3.63, 3.8) is 0 Å². The average Bonchev–Trinajstić information content (AvgIpc) is 3.23. The fraction of sp³-hybridized carbons (Fsp3) is 0.471. The number of alkyl halides is 2. The Labute approximate surface area is 154 Å². The molecule has 3 aromatic rings. The first-order valence-corrected chi connectivity index (χ1v) is 8.84. The fourth-order valence-electron chi connectivity index (χ4n) is 3.34. The molecule has 0 unspecified atom stereocenters. The molecule has 4 rings (SSSR count). The van der Waals surface area contributed by atoms with Crippen molar-refractivity contribution in [2.24, 2.45) is 5.92 Å². The maximum Gasteiger partial charge on any atom is 0.388 e. The molecule has 0 saturated carbocycles. The van der Waals surface area contributed by atoms with Crippen molar-refractivity contribution in [3.05, 3.63) is 24.5 Å². The van der Waals surface area contributed by atoms with E-state index >= 15 is 0 Å². The van der Waals surface area contributed by atoms with Gasteiger partial charge in [-0.1, -0.05) is 0 Å². The number of piperidine rings is 1. The van der Waals surface area contributed by atoms with Crippen LogP contribution in [0.2, 0.25) is 0 Å². The first kappa shape index (κ1) is 17.7. The lowest BCUT2D eigenvalue weighted by Gasteiger charge is -2.29. The molecule has 0 spiro atoms. The molecule has 1 saturated heterocycles. The topological polar surface area (TPSA) is 83.9 Å². The summed E-state index contributed by atoms with van der Waals surface area (Å²) in [4.78, 5) is 11.4. The highest BCUT2D eigenvalue weighted by atomic mass is 19.3. The normalized spacial score (nSPS) is 16.3. The minimum atomic E-state index is -2.92. The number of likely N-dealkylation sites (tertiary alicyclic amines) is 1. The highest BCUT2D eigenvalue weighted by molar-refractivity contribution is 5.73. The number of nitrogens with zero attached hydrogens (tertiary/aromatic N) is 5. The first-order valence-electron chi connectivity index (χ1n) is 8.84. The van der Waals surface area contributed by atoms with Gasteiger partial charge in [-0.05, 0) is 45.0 Å². The summed E-state index contributed by atoms with van der Waals surface area (Å²) in [6, 6.07) is 3.29. The van der Waals surface area contributed by atoms with Gasteiger partial charge in [0.1, 0.15) is 11.3 Å². The van der Waals surface area contributed by atoms with Crippen molar-refractivity contribution in [2.75, 3.05) is 25.5 Å². The van der Waals surface area contributed by atoms with Gasteiger partial charge in [0.15, 0.2) is 11.5 Å². The van der Waals surface area contributed by atoms with E-state index in [4.69, 9.17) is 0 Å². The Morgan fingerprint density at radius 2 is 2.19 bits per heavy atom. The van der Waals surface area contributed by atoms with Gasteiger partial charge in [-0.2, -0.15) is 8.78 Å². The Balaban J connectivity index is 1.49. The molecule has 1 fully saturated rings. The van der Waals surface area contributed by atoms with Crippen LogP contribution in [0, 0.1) is 5.92 Å². The molecule has 0 aromatic carbocycles. The molecular formula is C17H21F2N7O. The standard InChI is InChI=1S/C17H21F2N7O/c1-25-5-2-11(3-6-25)10-26-7-4-12-16(26)22-14(9-20-12)21-13-8-15(24-23-13)27-17(18)19/h4,7-9,11,17H,2-3,5-6,10H2,1H3,(H2,21,22,23,24). The molecule has 1 aliphatic heterocycles. The van der Waals surface area contributed by atoms with E-state index in [0.29, 0.717) is 17.6 Å². The highest BCUT2D eigenvalue weighted by Crippen LogP contribution is 2.23. The number of ether oxygens (including phenoxy) is 1. The van der Waals surface area contributed by atoms with Gasteiger partial charge >= 0.3 is 6.61 Å². The van der Waals surface area contributed by atoms with Crippen LogP contribution in [0.15, 0.2) is 24.5 Å². The maximum absolute atomic E-state index is 12.2. The molecule has 2 N–H and O–H groups in total. The van der Waals surface area contributed by atoms with Crippen LogP contribution in [-0.4, -0.2) is 56.4 Å². The van der Waals surface area contributed by atoms with Crippen molar-refractivity contribution < 1.29 is 13.5 Å². The molecule has 0 radical (unpaired) electrons. The Hall–Kier alpha value is -2.75. The van der Waals surface area contributed by atoms with E-state index in [1.807, 2.05) is 12.3 Å². The van der Waals surface area contributed by atoms with E-state index in [1.54, 1.807) is 6.20 Å². The second-order valence-corrected chi connectivity index (χ2v) is 6.80. The lowest BCUT2D eigenvalue weighted by atomic mass is 9.97. The monoisotopic (exact) mass is 377 g/mol. The van der Waals surface area contributed by atoms with Crippen LogP contribution >= 0.6 is 0 Å². The number of hydrogen-bond donors (Lipinski definition) is 2. The van der Waals surface area contributed by atoms with Crippen LogP contribution in [0.3, 0.4) is 0 Å². The predicted octanol–water partition coefficient (Wildman–Crippen LogP) is 2.84. The lowest BCUT2D eigenvalue weighted by molar-refractivity contribution is -0.0528. The maximum atomic E-state index is 12.2. The van der Waals surface area contributed by atoms with Crippen LogP contribution in [-0.2, 0) is 6.54 Å². The molecular weight excluding hydrogens is 356 g/mol. The van der Waals surface area contributed by atoms with Crippen molar-refractivity contribution in [1.29, 1.82) is 0 Å². The number of aromatic nitrogens is 5. The third-order valence-electron chi connectivity index (χ3n) is 4.79. The third-order valence-corrected chi connectivity index (χ3v) is 4.79. The summed E-state index contributed by atoms with van der Waals surface area (Å²) < 4.78 is 30.8. The summed E-state index contributed by atoms with van der Waals surface area (Å²) in [6.07, 6.45) is 5.94. The minimum Gasteiger partial charge on any atom is -0.415 e. The molecule has 27 heavy (non-hydrogen) atoms. The Kier molecular flexibility index (Phi) is 4.88. The fourth-order valence-corrected chi connectivity index (χ4v) is 3.34. The first-order chi connectivity index (χ1) is 13.1. The predicted molar refractivity (Wildman–Crippen MR) is 96.3 cm³/mol. The molecule has 0 amide bonds. The summed E-state index contributed by atoms with van der Waals surface area (Å²) in [5, 5.41) is 9.23. The summed E-state index contributed by atoms with van der Waals surface area (Å²) >= 11 is 0. The third kappa shape index (κ3) is 4.16. The minimum absolute atomic E-state index is 0.188. The number of nitrogens with one attached hydrogen (secondary N) is 2. The molecule has 10 heteroatoms. The van der Waals surface area contributed by atoms with Crippen LogP contribution in [0.5, 0.6) is 5.88 Å². The number of hydrogen-bond acceptors (Lipinski definition) is 6. The van der Waals surface area contributed by atoms with Crippen LogP contribution in [0.4, 0.5) is 20.4 Å². The number of rotatable bonds is 6. The summed E-state index contributed by atoms with van der Waals surface area (Å²) in [5.74, 6) is 1.33. The Morgan fingerprint density at radius 1 is 1.37 bits per heavy atom. The smallest absolute Gasteiger partial charge is 0.388 e. The molecule has 0 aliphatic carbocycles. The largest absolute Gasteiger partial charge is 0.415 e. The zero-order valence-electron chi connectivity index (χ0n) is 14.9. The molecule has 3 aromatic heterocycles. The van der Waals surface area contributed by atoms with E-state index < -0.39 is 6.61 Å². The number of halogens is 2. The molecule has 1 aliphatic rings. The summed E-state index contributed by atoms with van der Waals surface area (Å²) in [6.45, 7) is 0.225. The number of anilines is 2. The van der Waals surface area contributed by atoms with Gasteiger partial charge in [0, 0.05) is 18.8 Å². The molecule has 4 heterocycles. The van der Waals surface area contributed by atoms with E-state index in [0.717, 1.165) is 30.8 Å². The zero-order chi connectivity index (χ0) is 18.8. The second-order valence-electron chi connectivity index (χ2n) is 6.80. The summed E-state index contributed by atoms with van der Waals surface area (Å²) in [5.41, 5.74) is 1.61. The van der Waals surface area contributed by atoms with E-state index in [2.05, 4.69) is 46.7 Å². The average molecular weight is 377 g/mol. The SMILES string of the molecule is CN1CCC(Cn2ccc3ncc(Nc4cc(OC(F)F)n[nH]4)nc32)CC1. The van der Waals surface area contributed by atoms with Gasteiger partial charge in [-0.3, -0.25) is 5.10 Å². The second kappa shape index (κ2) is 7.47. The van der Waals surface area contributed by atoms with Crippen molar-refractivity contribution in [1.82, 2.24) is 29.6 Å². The van der Waals surface area contributed by atoms with Gasteiger partial charge in [0.25, 0.3) is 0 Å². The quantitative estimate of drug-likeness (QED) is 0.687. The highest BCUT2D eigenvalue weighted by Gasteiger charge is 2.18. The summed E-state index contributed by atoms with van der Waals surface area (Å²) in [7, 11) is 2.15.